The lowest BCUT2D eigenvalue weighted by atomic mass is 10.2. The highest BCUT2D eigenvalue weighted by Gasteiger charge is 2.11. The van der Waals surface area contributed by atoms with E-state index in [4.69, 9.17) is 6.42 Å². The molecule has 1 rings (SSSR count). The van der Waals surface area contributed by atoms with Gasteiger partial charge in [0.1, 0.15) is 0 Å². The van der Waals surface area contributed by atoms with Crippen molar-refractivity contribution in [3.63, 3.8) is 0 Å². The summed E-state index contributed by atoms with van der Waals surface area (Å²) in [5.41, 5.74) is 0.135. The number of nitrogens with one attached hydrogen (secondary N) is 1. The second-order valence-corrected chi connectivity index (χ2v) is 3.03. The molecule has 1 unspecified atom stereocenters. The smallest absolute Gasteiger partial charge is 0.194 e. The van der Waals surface area contributed by atoms with E-state index in [1.54, 1.807) is 0 Å². The molecule has 4 heteroatoms. The van der Waals surface area contributed by atoms with E-state index >= 15 is 0 Å². The first-order valence-electron chi connectivity index (χ1n) is 4.45. The average molecular weight is 213 g/mol. The van der Waals surface area contributed by atoms with E-state index in [9.17, 15) is 13.2 Å². The Labute approximate surface area is 86.3 Å². The highest BCUT2D eigenvalue weighted by Crippen LogP contribution is 2.18. The summed E-state index contributed by atoms with van der Waals surface area (Å²) in [6, 6.07) is 1.42. The monoisotopic (exact) mass is 213 g/mol. The lowest BCUT2D eigenvalue weighted by molar-refractivity contribution is 0.447. The first-order valence-corrected chi connectivity index (χ1v) is 4.45. The topological polar surface area (TPSA) is 12.0 Å². The number of hydrogen-bond acceptors (Lipinski definition) is 1. The predicted molar refractivity (Wildman–Crippen MR) is 52.9 cm³/mol. The minimum absolute atomic E-state index is 0.135. The van der Waals surface area contributed by atoms with Gasteiger partial charge in [-0.15, -0.1) is 6.42 Å². The second-order valence-electron chi connectivity index (χ2n) is 3.03. The fourth-order valence-electron chi connectivity index (χ4n) is 1.10. The van der Waals surface area contributed by atoms with Crippen molar-refractivity contribution in [3.05, 3.63) is 29.6 Å². The van der Waals surface area contributed by atoms with Crippen LogP contribution in [0.5, 0.6) is 0 Å². The minimum atomic E-state index is -1.48. The van der Waals surface area contributed by atoms with Crippen molar-refractivity contribution in [3.8, 4) is 12.3 Å². The second kappa shape index (κ2) is 4.74. The van der Waals surface area contributed by atoms with Gasteiger partial charge in [0.15, 0.2) is 17.5 Å². The average Bonchev–Trinajstić information content (AvgIpc) is 2.22. The molecule has 0 bridgehead atoms. The Morgan fingerprint density at radius 1 is 1.33 bits per heavy atom. The molecule has 1 aromatic rings. The number of anilines is 1. The Morgan fingerprint density at radius 2 is 1.87 bits per heavy atom. The van der Waals surface area contributed by atoms with Crippen LogP contribution in [-0.4, -0.2) is 6.04 Å². The van der Waals surface area contributed by atoms with E-state index in [1.807, 2.05) is 6.92 Å². The fraction of sp³-hybridized carbons (Fsp3) is 0.273. The molecule has 1 N–H and O–H groups in total. The fourth-order valence-corrected chi connectivity index (χ4v) is 1.10. The van der Waals surface area contributed by atoms with Crippen LogP contribution in [0.25, 0.3) is 0 Å². The van der Waals surface area contributed by atoms with Crippen LogP contribution in [0.15, 0.2) is 12.1 Å². The van der Waals surface area contributed by atoms with Crippen LogP contribution in [-0.2, 0) is 0 Å². The molecule has 1 atom stereocenters. The van der Waals surface area contributed by atoms with Gasteiger partial charge in [0.25, 0.3) is 0 Å². The highest BCUT2D eigenvalue weighted by atomic mass is 19.2. The minimum Gasteiger partial charge on any atom is -0.371 e. The Hall–Kier alpha value is -1.63. The molecule has 0 fully saturated rings. The Kier molecular flexibility index (Phi) is 3.62. The van der Waals surface area contributed by atoms with Gasteiger partial charge in [-0.05, 0) is 6.42 Å². The maximum absolute atomic E-state index is 12.8. The predicted octanol–water partition coefficient (Wildman–Crippen LogP) is 2.93. The summed E-state index contributed by atoms with van der Waals surface area (Å²) >= 11 is 0. The van der Waals surface area contributed by atoms with Gasteiger partial charge in [-0.25, -0.2) is 13.2 Å². The molecule has 0 aliphatic heterocycles. The SMILES string of the molecule is C#CC(CC)Nc1cc(F)c(F)c(F)c1. The lowest BCUT2D eigenvalue weighted by Gasteiger charge is -2.12. The number of benzene rings is 1. The highest BCUT2D eigenvalue weighted by molar-refractivity contribution is 5.46. The van der Waals surface area contributed by atoms with Gasteiger partial charge in [-0.3, -0.25) is 0 Å². The summed E-state index contributed by atoms with van der Waals surface area (Å²) < 4.78 is 38.2. The van der Waals surface area contributed by atoms with Crippen molar-refractivity contribution in [1.82, 2.24) is 0 Å². The summed E-state index contributed by atoms with van der Waals surface area (Å²) in [7, 11) is 0. The molecule has 0 aliphatic carbocycles. The number of rotatable bonds is 3. The van der Waals surface area contributed by atoms with Crippen LogP contribution < -0.4 is 5.32 Å². The quantitative estimate of drug-likeness (QED) is 0.601. The van der Waals surface area contributed by atoms with E-state index in [-0.39, 0.29) is 11.7 Å². The van der Waals surface area contributed by atoms with Crippen molar-refractivity contribution in [2.75, 3.05) is 5.32 Å². The molecule has 0 spiro atoms. The van der Waals surface area contributed by atoms with Gasteiger partial charge >= 0.3 is 0 Å². The van der Waals surface area contributed by atoms with E-state index in [0.29, 0.717) is 6.42 Å². The van der Waals surface area contributed by atoms with E-state index < -0.39 is 17.5 Å². The largest absolute Gasteiger partial charge is 0.371 e. The molecular weight excluding hydrogens is 203 g/mol. The molecule has 1 nitrogen and oxygen atoms in total. The van der Waals surface area contributed by atoms with Crippen molar-refractivity contribution in [1.29, 1.82) is 0 Å². The normalized spacial score (nSPS) is 11.9. The van der Waals surface area contributed by atoms with Gasteiger partial charge in [-0.1, -0.05) is 12.8 Å². The van der Waals surface area contributed by atoms with Gasteiger partial charge in [0.05, 0.1) is 6.04 Å². The van der Waals surface area contributed by atoms with E-state index in [2.05, 4.69) is 11.2 Å². The summed E-state index contributed by atoms with van der Waals surface area (Å²) in [4.78, 5) is 0. The zero-order valence-electron chi connectivity index (χ0n) is 8.15. The van der Waals surface area contributed by atoms with Gasteiger partial charge in [0.2, 0.25) is 0 Å². The van der Waals surface area contributed by atoms with Crippen LogP contribution in [0.2, 0.25) is 0 Å². The van der Waals surface area contributed by atoms with Crippen LogP contribution in [0.1, 0.15) is 13.3 Å². The molecular formula is C11H10F3N. The van der Waals surface area contributed by atoms with Crippen molar-refractivity contribution >= 4 is 5.69 Å². The summed E-state index contributed by atoms with van der Waals surface area (Å²) in [6.07, 6.45) is 5.77. The molecule has 0 saturated heterocycles. The molecule has 0 aliphatic rings. The third kappa shape index (κ3) is 2.66. The van der Waals surface area contributed by atoms with Crippen molar-refractivity contribution in [2.45, 2.75) is 19.4 Å². The Morgan fingerprint density at radius 3 is 2.27 bits per heavy atom. The van der Waals surface area contributed by atoms with Gasteiger partial charge in [-0.2, -0.15) is 0 Å². The van der Waals surface area contributed by atoms with E-state index in [0.717, 1.165) is 12.1 Å². The molecule has 15 heavy (non-hydrogen) atoms. The van der Waals surface area contributed by atoms with Crippen LogP contribution >= 0.6 is 0 Å². The zero-order valence-corrected chi connectivity index (χ0v) is 8.15. The van der Waals surface area contributed by atoms with Gasteiger partial charge in [0, 0.05) is 17.8 Å². The molecule has 80 valence electrons. The molecule has 1 aromatic carbocycles. The molecule has 0 saturated carbocycles. The van der Waals surface area contributed by atoms with Crippen molar-refractivity contribution < 1.29 is 13.2 Å². The van der Waals surface area contributed by atoms with Crippen LogP contribution in [0.3, 0.4) is 0 Å². The summed E-state index contributed by atoms with van der Waals surface area (Å²) in [6.45, 7) is 1.83. The van der Waals surface area contributed by atoms with Crippen molar-refractivity contribution in [2.24, 2.45) is 0 Å². The molecule has 0 heterocycles. The lowest BCUT2D eigenvalue weighted by Crippen LogP contribution is -2.16. The molecule has 0 amide bonds. The van der Waals surface area contributed by atoms with E-state index in [1.165, 1.54) is 0 Å². The Balaban J connectivity index is 2.93. The number of halogens is 3. The third-order valence-corrected chi connectivity index (χ3v) is 1.93. The third-order valence-electron chi connectivity index (χ3n) is 1.93. The Bertz CT molecular complexity index is 372. The number of terminal acetylenes is 1. The summed E-state index contributed by atoms with van der Waals surface area (Å²) in [5, 5.41) is 2.70. The van der Waals surface area contributed by atoms with Gasteiger partial charge < -0.3 is 5.32 Å². The zero-order chi connectivity index (χ0) is 11.4. The van der Waals surface area contributed by atoms with Crippen LogP contribution in [0, 0.1) is 29.8 Å². The summed E-state index contributed by atoms with van der Waals surface area (Å²) in [5.74, 6) is -1.54. The standard InChI is InChI=1S/C11H10F3N/c1-3-7(4-2)15-8-5-9(12)11(14)10(13)6-8/h1,5-7,15H,4H2,2H3. The first kappa shape index (κ1) is 11.4. The number of hydrogen-bond donors (Lipinski definition) is 1. The first-order chi connectivity index (χ1) is 7.08. The molecule has 0 aromatic heterocycles. The maximum Gasteiger partial charge on any atom is 0.194 e. The van der Waals surface area contributed by atoms with Crippen LogP contribution in [0.4, 0.5) is 18.9 Å². The molecule has 0 radical (unpaired) electrons. The maximum atomic E-state index is 12.8.